The van der Waals surface area contributed by atoms with Crippen LogP contribution in [0.2, 0.25) is 0 Å². The number of hydrogen-bond donors (Lipinski definition) is 2. The quantitative estimate of drug-likeness (QED) is 0.254. The van der Waals surface area contributed by atoms with E-state index in [1.54, 1.807) is 36.8 Å². The Bertz CT molecular complexity index is 1470. The van der Waals surface area contributed by atoms with Crippen molar-refractivity contribution in [3.05, 3.63) is 65.4 Å². The van der Waals surface area contributed by atoms with Crippen LogP contribution in [0.15, 0.2) is 63.3 Å². The number of anilines is 1. The van der Waals surface area contributed by atoms with Gasteiger partial charge in [0.2, 0.25) is 11.6 Å². The first-order chi connectivity index (χ1) is 18.1. The predicted molar refractivity (Wildman–Crippen MR) is 143 cm³/mol. The normalized spacial score (nSPS) is 13.2. The highest BCUT2D eigenvalue weighted by Gasteiger charge is 2.25. The number of rotatable bonds is 8. The van der Waals surface area contributed by atoms with Crippen molar-refractivity contribution in [3.63, 3.8) is 0 Å². The van der Waals surface area contributed by atoms with Gasteiger partial charge in [-0.05, 0) is 34.1 Å². The maximum Gasteiger partial charge on any atom is 0.292 e. The summed E-state index contributed by atoms with van der Waals surface area (Å²) >= 11 is 3.44. The molecule has 0 spiro atoms. The summed E-state index contributed by atoms with van der Waals surface area (Å²) in [5.74, 6) is 1.95. The molecular weight excluding hydrogens is 514 g/mol. The number of aromatic nitrogens is 5. The van der Waals surface area contributed by atoms with E-state index in [0.717, 1.165) is 33.5 Å². The number of nitrogen functional groups attached to an aromatic ring is 1. The SMILES string of the molecule is COc1ccc(/C=N/NC(=O)c2c(-c3ccccc3)nnn2-c2nonc2N)cc1CSC1=NCCS1. The molecule has 0 saturated carbocycles. The van der Waals surface area contributed by atoms with E-state index >= 15 is 0 Å². The zero-order chi connectivity index (χ0) is 25.6. The summed E-state index contributed by atoms with van der Waals surface area (Å²) in [5.41, 5.74) is 11.2. The van der Waals surface area contributed by atoms with Crippen molar-refractivity contribution in [2.24, 2.45) is 10.1 Å². The van der Waals surface area contributed by atoms with Crippen LogP contribution >= 0.6 is 23.5 Å². The molecule has 0 fully saturated rings. The number of carbonyl (C=O) groups is 1. The lowest BCUT2D eigenvalue weighted by Crippen LogP contribution is -2.22. The lowest BCUT2D eigenvalue weighted by molar-refractivity contribution is 0.0948. The van der Waals surface area contributed by atoms with Crippen LogP contribution in [0, 0.1) is 0 Å². The summed E-state index contributed by atoms with van der Waals surface area (Å²) in [4.78, 5) is 17.7. The van der Waals surface area contributed by atoms with E-state index in [1.807, 2.05) is 48.5 Å². The fourth-order valence-electron chi connectivity index (χ4n) is 3.51. The molecule has 0 saturated heterocycles. The number of amides is 1. The minimum absolute atomic E-state index is 0.0346. The second-order valence-corrected chi connectivity index (χ2v) is 9.90. The monoisotopic (exact) mass is 535 g/mol. The number of thioether (sulfide) groups is 2. The van der Waals surface area contributed by atoms with Crippen molar-refractivity contribution in [1.82, 2.24) is 30.7 Å². The number of hydrazone groups is 1. The predicted octanol–water partition coefficient (Wildman–Crippen LogP) is 3.01. The zero-order valence-electron chi connectivity index (χ0n) is 19.6. The molecule has 0 atom stereocenters. The molecule has 2 aromatic carbocycles. The standard InChI is InChI=1S/C23H21N9O3S2/c1-34-17-8-7-14(11-16(17)13-37-23-25-9-10-36-23)12-26-28-22(33)19-18(15-5-3-2-4-6-15)27-31-32(19)21-20(24)29-35-30-21/h2-8,11-12H,9-10,13H2,1H3,(H2,24,29)(H,28,33)/b26-12+. The largest absolute Gasteiger partial charge is 0.496 e. The zero-order valence-corrected chi connectivity index (χ0v) is 21.2. The third-order valence-electron chi connectivity index (χ3n) is 5.22. The van der Waals surface area contributed by atoms with Gasteiger partial charge in [-0.15, -0.1) is 5.10 Å². The second-order valence-electron chi connectivity index (χ2n) is 7.59. The van der Waals surface area contributed by atoms with E-state index in [4.69, 9.17) is 10.5 Å². The Morgan fingerprint density at radius 1 is 1.30 bits per heavy atom. The fourth-order valence-corrected chi connectivity index (χ4v) is 5.50. The van der Waals surface area contributed by atoms with Gasteiger partial charge in [-0.1, -0.05) is 59.1 Å². The Kier molecular flexibility index (Phi) is 7.46. The van der Waals surface area contributed by atoms with Gasteiger partial charge in [-0.2, -0.15) is 9.78 Å². The molecule has 0 unspecified atom stereocenters. The Balaban J connectivity index is 1.37. The van der Waals surface area contributed by atoms with Gasteiger partial charge >= 0.3 is 0 Å². The highest BCUT2D eigenvalue weighted by Crippen LogP contribution is 2.29. The first-order valence-electron chi connectivity index (χ1n) is 11.0. The van der Waals surface area contributed by atoms with Crippen molar-refractivity contribution in [3.8, 4) is 22.8 Å². The molecule has 3 N–H and O–H groups in total. The summed E-state index contributed by atoms with van der Waals surface area (Å²) in [6.45, 7) is 0.858. The topological polar surface area (TPSA) is 159 Å². The van der Waals surface area contributed by atoms with Crippen LogP contribution in [0.3, 0.4) is 0 Å². The summed E-state index contributed by atoms with van der Waals surface area (Å²) in [7, 11) is 1.64. The van der Waals surface area contributed by atoms with Crippen LogP contribution in [0.4, 0.5) is 5.82 Å². The Hall–Kier alpha value is -4.17. The van der Waals surface area contributed by atoms with Gasteiger partial charge in [0.1, 0.15) is 15.8 Å². The average molecular weight is 536 g/mol. The molecule has 3 heterocycles. The third kappa shape index (κ3) is 5.49. The van der Waals surface area contributed by atoms with Crippen molar-refractivity contribution < 1.29 is 14.2 Å². The maximum absolute atomic E-state index is 13.3. The van der Waals surface area contributed by atoms with E-state index in [9.17, 15) is 4.79 Å². The molecule has 1 aliphatic rings. The molecular formula is C23H21N9O3S2. The number of methoxy groups -OCH3 is 1. The average Bonchev–Trinajstić information content (AvgIpc) is 3.69. The number of nitrogens with one attached hydrogen (secondary N) is 1. The van der Waals surface area contributed by atoms with Gasteiger partial charge in [0.15, 0.2) is 5.69 Å². The van der Waals surface area contributed by atoms with Crippen LogP contribution in [0.5, 0.6) is 5.75 Å². The van der Waals surface area contributed by atoms with Crippen LogP contribution in [-0.4, -0.2) is 61.2 Å². The molecule has 4 aromatic rings. The molecule has 1 amide bonds. The van der Waals surface area contributed by atoms with Crippen molar-refractivity contribution in [2.75, 3.05) is 25.1 Å². The van der Waals surface area contributed by atoms with Gasteiger partial charge in [0.25, 0.3) is 5.91 Å². The van der Waals surface area contributed by atoms with Gasteiger partial charge in [-0.3, -0.25) is 9.79 Å². The van der Waals surface area contributed by atoms with Crippen LogP contribution < -0.4 is 15.9 Å². The van der Waals surface area contributed by atoms with Gasteiger partial charge < -0.3 is 10.5 Å². The molecule has 188 valence electrons. The number of hydrogen-bond acceptors (Lipinski definition) is 12. The van der Waals surface area contributed by atoms with Crippen LogP contribution in [0.25, 0.3) is 17.1 Å². The number of benzene rings is 2. The van der Waals surface area contributed by atoms with E-state index in [0.29, 0.717) is 17.0 Å². The molecule has 5 rings (SSSR count). The highest BCUT2D eigenvalue weighted by molar-refractivity contribution is 8.38. The van der Waals surface area contributed by atoms with Crippen molar-refractivity contribution in [1.29, 1.82) is 0 Å². The molecule has 12 nitrogen and oxygen atoms in total. The first-order valence-corrected chi connectivity index (χ1v) is 13.0. The maximum atomic E-state index is 13.3. The lowest BCUT2D eigenvalue weighted by atomic mass is 10.1. The van der Waals surface area contributed by atoms with E-state index in [-0.39, 0.29) is 17.3 Å². The third-order valence-corrected chi connectivity index (χ3v) is 7.52. The summed E-state index contributed by atoms with van der Waals surface area (Å²) in [5, 5.41) is 19.7. The number of aliphatic imine (C=N–C) groups is 1. The van der Waals surface area contributed by atoms with Gasteiger partial charge in [0.05, 0.1) is 19.9 Å². The van der Waals surface area contributed by atoms with E-state index in [2.05, 4.69) is 40.8 Å². The van der Waals surface area contributed by atoms with Crippen LogP contribution in [-0.2, 0) is 5.75 Å². The number of nitrogens with zero attached hydrogens (tertiary/aromatic N) is 7. The summed E-state index contributed by atoms with van der Waals surface area (Å²) in [6, 6.07) is 14.8. The molecule has 0 aliphatic carbocycles. The Morgan fingerprint density at radius 3 is 2.89 bits per heavy atom. The Morgan fingerprint density at radius 2 is 2.16 bits per heavy atom. The molecule has 0 radical (unpaired) electrons. The number of ether oxygens (including phenoxy) is 1. The van der Waals surface area contributed by atoms with Crippen LogP contribution in [0.1, 0.15) is 21.6 Å². The van der Waals surface area contributed by atoms with Crippen molar-refractivity contribution >= 4 is 45.8 Å². The highest BCUT2D eigenvalue weighted by atomic mass is 32.2. The first kappa shape index (κ1) is 24.5. The number of nitrogens with two attached hydrogens (primary N) is 1. The van der Waals surface area contributed by atoms with E-state index in [1.165, 1.54) is 4.68 Å². The van der Waals surface area contributed by atoms with Gasteiger partial charge in [0, 0.05) is 22.6 Å². The van der Waals surface area contributed by atoms with Crippen molar-refractivity contribution in [2.45, 2.75) is 5.75 Å². The molecule has 14 heteroatoms. The number of carbonyl (C=O) groups excluding carboxylic acids is 1. The van der Waals surface area contributed by atoms with E-state index < -0.39 is 5.91 Å². The smallest absolute Gasteiger partial charge is 0.292 e. The minimum atomic E-state index is -0.567. The minimum Gasteiger partial charge on any atom is -0.496 e. The summed E-state index contributed by atoms with van der Waals surface area (Å²) < 4.78 is 12.4. The second kappa shape index (κ2) is 11.3. The Labute approximate surface area is 219 Å². The fraction of sp³-hybridized carbons (Fsp3) is 0.174. The van der Waals surface area contributed by atoms with Gasteiger partial charge in [-0.25, -0.2) is 10.1 Å². The summed E-state index contributed by atoms with van der Waals surface area (Å²) in [6.07, 6.45) is 1.55. The lowest BCUT2D eigenvalue weighted by Gasteiger charge is -2.09. The molecule has 0 bridgehead atoms. The molecule has 1 aliphatic heterocycles. The molecule has 37 heavy (non-hydrogen) atoms. The molecule has 2 aromatic heterocycles.